The van der Waals surface area contributed by atoms with Gasteiger partial charge in [0.1, 0.15) is 13.2 Å². The van der Waals surface area contributed by atoms with E-state index in [2.05, 4.69) is 0 Å². The third-order valence-electron chi connectivity index (χ3n) is 3.31. The molecule has 0 aliphatic carbocycles. The Morgan fingerprint density at radius 2 is 1.00 bits per heavy atom. The van der Waals surface area contributed by atoms with Gasteiger partial charge in [0.2, 0.25) is 0 Å². The summed E-state index contributed by atoms with van der Waals surface area (Å²) in [5, 5.41) is 19.2. The van der Waals surface area contributed by atoms with Crippen LogP contribution in [0, 0.1) is 0 Å². The van der Waals surface area contributed by atoms with Crippen LogP contribution in [0.1, 0.15) is 0 Å². The summed E-state index contributed by atoms with van der Waals surface area (Å²) in [5.41, 5.74) is 12.3. The third-order valence-corrected chi connectivity index (χ3v) is 3.31. The molecule has 0 aliphatic rings. The summed E-state index contributed by atoms with van der Waals surface area (Å²) in [5.74, 6) is 0.723. The average Bonchev–Trinajstić information content (AvgIpc) is 2.62. The van der Waals surface area contributed by atoms with Crippen molar-refractivity contribution in [3.8, 4) is 23.0 Å². The second-order valence-electron chi connectivity index (χ2n) is 5.38. The highest BCUT2D eigenvalue weighted by atomic mass is 16.6. The minimum atomic E-state index is 0.0359. The summed E-state index contributed by atoms with van der Waals surface area (Å²) in [6.07, 6.45) is 0. The summed E-state index contributed by atoms with van der Waals surface area (Å²) in [6.45, 7) is 2.08. The SMILES string of the molecule is Nc1ccc(O)c(OCCOCCOCCOc2cc(N)ccc2O)c1. The Kier molecular flexibility index (Phi) is 7.66. The molecule has 142 valence electrons. The molecule has 0 atom stereocenters. The average molecular weight is 364 g/mol. The van der Waals surface area contributed by atoms with Gasteiger partial charge >= 0.3 is 0 Å². The normalized spacial score (nSPS) is 10.6. The summed E-state index contributed by atoms with van der Waals surface area (Å²) < 4.78 is 21.5. The van der Waals surface area contributed by atoms with Crippen molar-refractivity contribution in [2.45, 2.75) is 0 Å². The first-order valence-electron chi connectivity index (χ1n) is 8.14. The molecule has 0 unspecified atom stereocenters. The molecule has 2 aromatic rings. The van der Waals surface area contributed by atoms with Crippen LogP contribution in [-0.4, -0.2) is 49.9 Å². The molecule has 0 saturated carbocycles. The van der Waals surface area contributed by atoms with Crippen LogP contribution < -0.4 is 20.9 Å². The Labute approximate surface area is 151 Å². The van der Waals surface area contributed by atoms with Crippen molar-refractivity contribution < 1.29 is 29.2 Å². The third kappa shape index (κ3) is 6.58. The fraction of sp³-hybridized carbons (Fsp3) is 0.333. The van der Waals surface area contributed by atoms with Crippen molar-refractivity contribution in [2.75, 3.05) is 51.1 Å². The maximum Gasteiger partial charge on any atom is 0.163 e. The minimum absolute atomic E-state index is 0.0359. The zero-order valence-corrected chi connectivity index (χ0v) is 14.4. The van der Waals surface area contributed by atoms with Crippen LogP contribution in [0.5, 0.6) is 23.0 Å². The van der Waals surface area contributed by atoms with Gasteiger partial charge in [-0.15, -0.1) is 0 Å². The fourth-order valence-corrected chi connectivity index (χ4v) is 2.04. The number of hydrogen-bond acceptors (Lipinski definition) is 8. The van der Waals surface area contributed by atoms with Gasteiger partial charge in [-0.05, 0) is 24.3 Å². The second-order valence-corrected chi connectivity index (χ2v) is 5.38. The summed E-state index contributed by atoms with van der Waals surface area (Å²) in [7, 11) is 0. The number of nitrogens with two attached hydrogens (primary N) is 2. The molecule has 0 radical (unpaired) electrons. The first kappa shape index (κ1) is 19.5. The van der Waals surface area contributed by atoms with Crippen LogP contribution in [0.25, 0.3) is 0 Å². The number of phenolic OH excluding ortho intramolecular Hbond substituents is 2. The van der Waals surface area contributed by atoms with Gasteiger partial charge in [0.25, 0.3) is 0 Å². The van der Waals surface area contributed by atoms with Crippen molar-refractivity contribution in [1.82, 2.24) is 0 Å². The molecule has 26 heavy (non-hydrogen) atoms. The van der Waals surface area contributed by atoms with Crippen LogP contribution in [0.4, 0.5) is 11.4 Å². The van der Waals surface area contributed by atoms with Gasteiger partial charge in [0.15, 0.2) is 23.0 Å². The monoisotopic (exact) mass is 364 g/mol. The van der Waals surface area contributed by atoms with Gasteiger partial charge in [-0.1, -0.05) is 0 Å². The molecule has 0 fully saturated rings. The molecule has 0 amide bonds. The molecule has 0 bridgehead atoms. The molecule has 0 aromatic heterocycles. The Morgan fingerprint density at radius 1 is 0.615 bits per heavy atom. The molecular weight excluding hydrogens is 340 g/mol. The quantitative estimate of drug-likeness (QED) is 0.270. The molecule has 2 aromatic carbocycles. The van der Waals surface area contributed by atoms with Crippen molar-refractivity contribution in [3.05, 3.63) is 36.4 Å². The van der Waals surface area contributed by atoms with E-state index in [1.807, 2.05) is 0 Å². The Bertz CT molecular complexity index is 636. The molecule has 6 N–H and O–H groups in total. The highest BCUT2D eigenvalue weighted by Gasteiger charge is 2.03. The summed E-state index contributed by atoms with van der Waals surface area (Å²) in [4.78, 5) is 0. The maximum absolute atomic E-state index is 9.60. The van der Waals surface area contributed by atoms with E-state index in [9.17, 15) is 10.2 Å². The van der Waals surface area contributed by atoms with Crippen molar-refractivity contribution in [2.24, 2.45) is 0 Å². The summed E-state index contributed by atoms with van der Waals surface area (Å²) >= 11 is 0. The first-order chi connectivity index (χ1) is 12.6. The molecule has 8 nitrogen and oxygen atoms in total. The standard InChI is InChI=1S/C18H24N2O6/c19-13-1-3-15(21)17(11-13)25-9-7-23-5-6-24-8-10-26-18-12-14(20)2-4-16(18)22/h1-4,11-12,21-22H,5-10,19-20H2. The van der Waals surface area contributed by atoms with E-state index in [1.54, 1.807) is 24.3 Å². The van der Waals surface area contributed by atoms with Crippen molar-refractivity contribution in [3.63, 3.8) is 0 Å². The van der Waals surface area contributed by atoms with Crippen molar-refractivity contribution >= 4 is 11.4 Å². The molecule has 0 saturated heterocycles. The smallest absolute Gasteiger partial charge is 0.163 e. The number of rotatable bonds is 11. The molecule has 0 spiro atoms. The van der Waals surface area contributed by atoms with E-state index < -0.39 is 0 Å². The van der Waals surface area contributed by atoms with Crippen LogP contribution in [0.15, 0.2) is 36.4 Å². The summed E-state index contributed by atoms with van der Waals surface area (Å²) in [6, 6.07) is 9.24. The van der Waals surface area contributed by atoms with Crippen LogP contribution in [0.3, 0.4) is 0 Å². The van der Waals surface area contributed by atoms with E-state index in [0.717, 1.165) is 0 Å². The molecular formula is C18H24N2O6. The van der Waals surface area contributed by atoms with Crippen LogP contribution in [0.2, 0.25) is 0 Å². The molecule has 0 heterocycles. The van der Waals surface area contributed by atoms with E-state index in [4.69, 9.17) is 30.4 Å². The number of aromatic hydroxyl groups is 2. The van der Waals surface area contributed by atoms with Gasteiger partial charge in [0.05, 0.1) is 26.4 Å². The molecule has 0 aliphatic heterocycles. The lowest BCUT2D eigenvalue weighted by atomic mass is 10.3. The predicted octanol–water partition coefficient (Wildman–Crippen LogP) is 1.75. The lowest BCUT2D eigenvalue weighted by molar-refractivity contribution is 0.0269. The second kappa shape index (κ2) is 10.2. The lowest BCUT2D eigenvalue weighted by Gasteiger charge is -2.10. The Hall–Kier alpha value is -2.84. The van der Waals surface area contributed by atoms with Gasteiger partial charge in [-0.3, -0.25) is 0 Å². The Balaban J connectivity index is 1.48. The number of benzene rings is 2. The predicted molar refractivity (Wildman–Crippen MR) is 97.7 cm³/mol. The fourth-order valence-electron chi connectivity index (χ4n) is 2.04. The number of anilines is 2. The zero-order chi connectivity index (χ0) is 18.8. The highest BCUT2D eigenvalue weighted by molar-refractivity contribution is 5.51. The van der Waals surface area contributed by atoms with Crippen LogP contribution >= 0.6 is 0 Å². The molecule has 8 heteroatoms. The zero-order valence-electron chi connectivity index (χ0n) is 14.4. The number of ether oxygens (including phenoxy) is 4. The van der Waals surface area contributed by atoms with E-state index >= 15 is 0 Å². The van der Waals surface area contributed by atoms with Gasteiger partial charge < -0.3 is 40.6 Å². The highest BCUT2D eigenvalue weighted by Crippen LogP contribution is 2.28. The molecule has 2 rings (SSSR count). The first-order valence-corrected chi connectivity index (χ1v) is 8.14. The maximum atomic E-state index is 9.60. The lowest BCUT2D eigenvalue weighted by Crippen LogP contribution is -2.13. The van der Waals surface area contributed by atoms with Crippen LogP contribution in [-0.2, 0) is 9.47 Å². The number of nitrogen functional groups attached to an aromatic ring is 2. The van der Waals surface area contributed by atoms with E-state index in [1.165, 1.54) is 12.1 Å². The van der Waals surface area contributed by atoms with Gasteiger partial charge in [-0.25, -0.2) is 0 Å². The number of phenols is 2. The topological polar surface area (TPSA) is 129 Å². The Morgan fingerprint density at radius 3 is 1.42 bits per heavy atom. The largest absolute Gasteiger partial charge is 0.504 e. The van der Waals surface area contributed by atoms with E-state index in [0.29, 0.717) is 49.3 Å². The van der Waals surface area contributed by atoms with E-state index in [-0.39, 0.29) is 24.7 Å². The minimum Gasteiger partial charge on any atom is -0.504 e. The van der Waals surface area contributed by atoms with Crippen molar-refractivity contribution in [1.29, 1.82) is 0 Å². The van der Waals surface area contributed by atoms with Gasteiger partial charge in [0, 0.05) is 23.5 Å². The number of hydrogen-bond donors (Lipinski definition) is 4. The van der Waals surface area contributed by atoms with Gasteiger partial charge in [-0.2, -0.15) is 0 Å².